The molecule has 0 aliphatic heterocycles. The molecule has 0 spiro atoms. The normalized spacial score (nSPS) is 15.2. The molecule has 1 fully saturated rings. The lowest BCUT2D eigenvalue weighted by Crippen LogP contribution is -2.37. The summed E-state index contributed by atoms with van der Waals surface area (Å²) in [7, 11) is 0. The monoisotopic (exact) mass is 355 g/mol. The molecule has 1 saturated carbocycles. The number of nitro benzene ring substituents is 1. The van der Waals surface area contributed by atoms with Crippen molar-refractivity contribution < 1.29 is 9.72 Å². The van der Waals surface area contributed by atoms with Gasteiger partial charge in [0, 0.05) is 25.2 Å². The predicted molar refractivity (Wildman–Crippen MR) is 96.9 cm³/mol. The molecule has 1 amide bonds. The van der Waals surface area contributed by atoms with Crippen LogP contribution < -0.4 is 10.6 Å². The van der Waals surface area contributed by atoms with Gasteiger partial charge >= 0.3 is 0 Å². The van der Waals surface area contributed by atoms with E-state index in [0.29, 0.717) is 19.1 Å². The summed E-state index contributed by atoms with van der Waals surface area (Å²) < 4.78 is 0. The minimum atomic E-state index is -0.516. The van der Waals surface area contributed by atoms with Crippen molar-refractivity contribution in [2.75, 3.05) is 13.1 Å². The molecule has 0 atom stereocenters. The molecule has 134 valence electrons. The summed E-state index contributed by atoms with van der Waals surface area (Å²) in [5.41, 5.74) is 0.812. The molecule has 0 radical (unpaired) electrons. The second-order valence-corrected chi connectivity index (χ2v) is 6.18. The third kappa shape index (κ3) is 6.09. The van der Waals surface area contributed by atoms with Gasteiger partial charge in [-0.25, -0.2) is 0 Å². The van der Waals surface area contributed by atoms with Crippen molar-refractivity contribution >= 4 is 24.0 Å². The Balaban J connectivity index is 0.00000288. The topological polar surface area (TPSA) is 84.3 Å². The molecule has 24 heavy (non-hydrogen) atoms. The molecule has 1 aromatic carbocycles. The van der Waals surface area contributed by atoms with Crippen molar-refractivity contribution in [3.05, 3.63) is 39.4 Å². The number of hydrogen-bond acceptors (Lipinski definition) is 4. The summed E-state index contributed by atoms with van der Waals surface area (Å²) >= 11 is 0. The Bertz CT molecular complexity index is 558. The van der Waals surface area contributed by atoms with E-state index in [-0.39, 0.29) is 29.6 Å². The van der Waals surface area contributed by atoms with Crippen LogP contribution in [0, 0.1) is 17.0 Å². The van der Waals surface area contributed by atoms with E-state index < -0.39 is 4.92 Å². The summed E-state index contributed by atoms with van der Waals surface area (Å²) in [6.07, 6.45) is 7.53. The van der Waals surface area contributed by atoms with Crippen LogP contribution in [-0.4, -0.2) is 30.0 Å². The van der Waals surface area contributed by atoms with E-state index in [9.17, 15) is 14.9 Å². The number of carbonyl (C=O) groups excluding carboxylic acids is 1. The van der Waals surface area contributed by atoms with E-state index in [2.05, 4.69) is 10.6 Å². The van der Waals surface area contributed by atoms with E-state index in [1.165, 1.54) is 44.6 Å². The van der Waals surface area contributed by atoms with E-state index in [0.717, 1.165) is 5.56 Å². The minimum Gasteiger partial charge on any atom is -0.351 e. The number of benzene rings is 1. The number of aryl methyl sites for hydroxylation is 1. The maximum absolute atomic E-state index is 12.2. The third-order valence-electron chi connectivity index (χ3n) is 4.29. The van der Waals surface area contributed by atoms with Crippen LogP contribution in [0.15, 0.2) is 18.2 Å². The van der Waals surface area contributed by atoms with E-state index in [1.807, 2.05) is 6.92 Å². The molecule has 1 aromatic rings. The van der Waals surface area contributed by atoms with Crippen molar-refractivity contribution in [3.63, 3.8) is 0 Å². The van der Waals surface area contributed by atoms with Gasteiger partial charge in [-0.05, 0) is 31.4 Å². The standard InChI is InChI=1S/C17H25N3O3.ClH/c1-13-8-9-16(20(22)23)15(12-13)17(21)19-11-10-18-14-6-4-2-3-5-7-14;/h8-9,12,14,18H,2-7,10-11H2,1H3,(H,19,21);1H. The van der Waals surface area contributed by atoms with E-state index in [1.54, 1.807) is 12.1 Å². The fourth-order valence-electron chi connectivity index (χ4n) is 3.02. The van der Waals surface area contributed by atoms with Gasteiger partial charge < -0.3 is 10.6 Å². The molecular weight excluding hydrogens is 330 g/mol. The van der Waals surface area contributed by atoms with Gasteiger partial charge in [-0.3, -0.25) is 14.9 Å². The van der Waals surface area contributed by atoms with Gasteiger partial charge in [0.2, 0.25) is 0 Å². The van der Waals surface area contributed by atoms with Crippen molar-refractivity contribution in [3.8, 4) is 0 Å². The van der Waals surface area contributed by atoms with Crippen LogP contribution in [0.1, 0.15) is 54.4 Å². The molecule has 2 N–H and O–H groups in total. The molecule has 2 rings (SSSR count). The second-order valence-electron chi connectivity index (χ2n) is 6.18. The van der Waals surface area contributed by atoms with Crippen LogP contribution in [0.5, 0.6) is 0 Å². The molecule has 0 heterocycles. The number of amides is 1. The van der Waals surface area contributed by atoms with Crippen molar-refractivity contribution in [2.24, 2.45) is 0 Å². The maximum Gasteiger partial charge on any atom is 0.282 e. The highest BCUT2D eigenvalue weighted by atomic mass is 35.5. The van der Waals surface area contributed by atoms with Gasteiger partial charge in [0.25, 0.3) is 11.6 Å². The summed E-state index contributed by atoms with van der Waals surface area (Å²) in [5.74, 6) is -0.386. The first-order valence-electron chi connectivity index (χ1n) is 8.34. The van der Waals surface area contributed by atoms with Gasteiger partial charge in [-0.15, -0.1) is 12.4 Å². The lowest BCUT2D eigenvalue weighted by Gasteiger charge is -2.16. The summed E-state index contributed by atoms with van der Waals surface area (Å²) in [4.78, 5) is 22.7. The summed E-state index contributed by atoms with van der Waals surface area (Å²) in [6, 6.07) is 5.12. The minimum absolute atomic E-state index is 0. The molecule has 6 nitrogen and oxygen atoms in total. The van der Waals surface area contributed by atoms with Crippen LogP contribution in [0.25, 0.3) is 0 Å². The molecule has 0 aromatic heterocycles. The zero-order chi connectivity index (χ0) is 16.7. The van der Waals surface area contributed by atoms with Crippen LogP contribution in [0.3, 0.4) is 0 Å². The highest BCUT2D eigenvalue weighted by Crippen LogP contribution is 2.19. The summed E-state index contributed by atoms with van der Waals surface area (Å²) in [5, 5.41) is 17.3. The Morgan fingerprint density at radius 2 is 1.88 bits per heavy atom. The van der Waals surface area contributed by atoms with Crippen molar-refractivity contribution in [2.45, 2.75) is 51.5 Å². The Kier molecular flexibility index (Phi) is 8.71. The van der Waals surface area contributed by atoms with E-state index in [4.69, 9.17) is 0 Å². The smallest absolute Gasteiger partial charge is 0.282 e. The van der Waals surface area contributed by atoms with E-state index >= 15 is 0 Å². The first kappa shape index (κ1) is 20.4. The Morgan fingerprint density at radius 3 is 2.50 bits per heavy atom. The van der Waals surface area contributed by atoms with Gasteiger partial charge in [0.15, 0.2) is 0 Å². The van der Waals surface area contributed by atoms with Crippen LogP contribution in [0.2, 0.25) is 0 Å². The average Bonchev–Trinajstić information content (AvgIpc) is 2.79. The Morgan fingerprint density at radius 1 is 1.21 bits per heavy atom. The Labute approximate surface area is 149 Å². The molecule has 0 unspecified atom stereocenters. The average molecular weight is 356 g/mol. The van der Waals surface area contributed by atoms with Gasteiger partial charge in [0.05, 0.1) is 4.92 Å². The number of nitrogens with one attached hydrogen (secondary N) is 2. The second kappa shape index (κ2) is 10.3. The number of rotatable bonds is 6. The maximum atomic E-state index is 12.2. The Hall–Kier alpha value is -1.66. The molecule has 0 bridgehead atoms. The number of hydrogen-bond donors (Lipinski definition) is 2. The fourth-order valence-corrected chi connectivity index (χ4v) is 3.02. The lowest BCUT2D eigenvalue weighted by atomic mass is 10.1. The molecule has 1 aliphatic rings. The molecule has 0 saturated heterocycles. The van der Waals surface area contributed by atoms with Crippen molar-refractivity contribution in [1.29, 1.82) is 0 Å². The molecular formula is C17H26ClN3O3. The van der Waals surface area contributed by atoms with Crippen LogP contribution >= 0.6 is 12.4 Å². The van der Waals surface area contributed by atoms with Crippen LogP contribution in [-0.2, 0) is 0 Å². The summed E-state index contributed by atoms with van der Waals surface area (Å²) in [6.45, 7) is 2.98. The first-order valence-corrected chi connectivity index (χ1v) is 8.34. The number of halogens is 1. The predicted octanol–water partition coefficient (Wildman–Crippen LogP) is 3.37. The SMILES string of the molecule is Cc1ccc([N+](=O)[O-])c(C(=O)NCCNC2CCCCCC2)c1.Cl. The molecule has 7 heteroatoms. The fraction of sp³-hybridized carbons (Fsp3) is 0.588. The number of carbonyl (C=O) groups is 1. The van der Waals surface area contributed by atoms with Crippen LogP contribution in [0.4, 0.5) is 5.69 Å². The zero-order valence-electron chi connectivity index (χ0n) is 14.0. The zero-order valence-corrected chi connectivity index (χ0v) is 14.9. The highest BCUT2D eigenvalue weighted by Gasteiger charge is 2.19. The molecule has 1 aliphatic carbocycles. The van der Waals surface area contributed by atoms with Gasteiger partial charge in [-0.2, -0.15) is 0 Å². The number of nitro groups is 1. The highest BCUT2D eigenvalue weighted by molar-refractivity contribution is 5.98. The van der Waals surface area contributed by atoms with Crippen molar-refractivity contribution in [1.82, 2.24) is 10.6 Å². The largest absolute Gasteiger partial charge is 0.351 e. The number of nitrogens with zero attached hydrogens (tertiary/aromatic N) is 1. The van der Waals surface area contributed by atoms with Gasteiger partial charge in [0.1, 0.15) is 5.56 Å². The first-order chi connectivity index (χ1) is 11.1. The lowest BCUT2D eigenvalue weighted by molar-refractivity contribution is -0.385. The van der Waals surface area contributed by atoms with Gasteiger partial charge in [-0.1, -0.05) is 31.7 Å². The third-order valence-corrected chi connectivity index (χ3v) is 4.29. The quantitative estimate of drug-likeness (QED) is 0.354.